The Bertz CT molecular complexity index is 442. The fraction of sp³-hybridized carbons (Fsp3) is 0.647. The zero-order valence-corrected chi connectivity index (χ0v) is 15.4. The highest BCUT2D eigenvalue weighted by molar-refractivity contribution is 7.41. The van der Waals surface area contributed by atoms with Gasteiger partial charge in [-0.15, -0.1) is 0 Å². The molecule has 0 spiro atoms. The van der Waals surface area contributed by atoms with Crippen molar-refractivity contribution < 1.29 is 19.0 Å². The van der Waals surface area contributed by atoms with Crippen LogP contribution in [-0.2, 0) is 15.4 Å². The fourth-order valence-electron chi connectivity index (χ4n) is 2.13. The van der Waals surface area contributed by atoms with E-state index in [1.165, 1.54) is 0 Å². The SMILES string of the molecule is CC(C)(C)c1cccc(C(C)(C)C)c1OP(O)OCCCO. The number of benzene rings is 1. The largest absolute Gasteiger partial charge is 0.426 e. The van der Waals surface area contributed by atoms with Gasteiger partial charge in [0.2, 0.25) is 0 Å². The van der Waals surface area contributed by atoms with Crippen LogP contribution in [0.25, 0.3) is 0 Å². The highest BCUT2D eigenvalue weighted by Gasteiger charge is 2.28. The third-order valence-electron chi connectivity index (χ3n) is 3.30. The molecular weight excluding hydrogens is 299 g/mol. The first-order valence-electron chi connectivity index (χ1n) is 7.62. The third-order valence-corrected chi connectivity index (χ3v) is 4.05. The quantitative estimate of drug-likeness (QED) is 0.604. The van der Waals surface area contributed by atoms with Crippen LogP contribution >= 0.6 is 8.60 Å². The minimum absolute atomic E-state index is 0.0367. The van der Waals surface area contributed by atoms with Gasteiger partial charge in [0.15, 0.2) is 0 Å². The van der Waals surface area contributed by atoms with Crippen LogP contribution in [0.3, 0.4) is 0 Å². The number of hydrogen-bond acceptors (Lipinski definition) is 4. The highest BCUT2D eigenvalue weighted by atomic mass is 31.2. The second kappa shape index (κ2) is 7.74. The number of para-hydroxylation sites is 1. The van der Waals surface area contributed by atoms with Gasteiger partial charge in [-0.25, -0.2) is 0 Å². The van der Waals surface area contributed by atoms with Crippen molar-refractivity contribution in [2.45, 2.75) is 58.8 Å². The van der Waals surface area contributed by atoms with Crippen molar-refractivity contribution >= 4 is 8.60 Å². The Balaban J connectivity index is 3.13. The minimum Gasteiger partial charge on any atom is -0.426 e. The first kappa shape index (κ1) is 19.4. The Morgan fingerprint density at radius 3 is 1.91 bits per heavy atom. The third kappa shape index (κ3) is 5.51. The maximum Gasteiger partial charge on any atom is 0.394 e. The van der Waals surface area contributed by atoms with Crippen LogP contribution in [0.1, 0.15) is 59.1 Å². The molecule has 0 amide bonds. The van der Waals surface area contributed by atoms with E-state index in [9.17, 15) is 4.89 Å². The fourth-order valence-corrected chi connectivity index (χ4v) is 2.82. The van der Waals surface area contributed by atoms with E-state index in [-0.39, 0.29) is 24.0 Å². The summed E-state index contributed by atoms with van der Waals surface area (Å²) >= 11 is 0. The van der Waals surface area contributed by atoms with Crippen molar-refractivity contribution in [1.29, 1.82) is 0 Å². The Morgan fingerprint density at radius 2 is 1.50 bits per heavy atom. The summed E-state index contributed by atoms with van der Waals surface area (Å²) in [6.07, 6.45) is 0.482. The van der Waals surface area contributed by atoms with E-state index in [4.69, 9.17) is 14.2 Å². The monoisotopic (exact) mass is 328 g/mol. The summed E-state index contributed by atoms with van der Waals surface area (Å²) in [6.45, 7) is 13.0. The second-order valence-electron chi connectivity index (χ2n) is 7.42. The molecule has 126 valence electrons. The summed E-state index contributed by atoms with van der Waals surface area (Å²) in [7, 11) is -2.01. The molecule has 0 aliphatic rings. The van der Waals surface area contributed by atoms with Crippen LogP contribution in [0.5, 0.6) is 5.75 Å². The zero-order chi connectivity index (χ0) is 17.0. The molecule has 0 aromatic heterocycles. The molecule has 1 aromatic carbocycles. The lowest BCUT2D eigenvalue weighted by Gasteiger charge is -2.29. The maximum atomic E-state index is 10.0. The van der Waals surface area contributed by atoms with Gasteiger partial charge in [-0.2, -0.15) is 0 Å². The number of aliphatic hydroxyl groups excluding tert-OH is 1. The van der Waals surface area contributed by atoms with E-state index >= 15 is 0 Å². The van der Waals surface area contributed by atoms with Gasteiger partial charge in [0.25, 0.3) is 0 Å². The molecule has 0 aliphatic heterocycles. The molecular formula is C17H29O4P. The van der Waals surface area contributed by atoms with Crippen LogP contribution in [0.15, 0.2) is 18.2 Å². The second-order valence-corrected chi connectivity index (χ2v) is 8.34. The average Bonchev–Trinajstić information content (AvgIpc) is 2.36. The predicted molar refractivity (Wildman–Crippen MR) is 91.3 cm³/mol. The standard InChI is InChI=1S/C17H29O4P/c1-16(2,3)13-9-7-10-14(17(4,5)6)15(13)21-22(19)20-12-8-11-18/h7,9-10,18-19H,8,11-12H2,1-6H3. The van der Waals surface area contributed by atoms with Crippen LogP contribution in [0.4, 0.5) is 0 Å². The summed E-state index contributed by atoms with van der Waals surface area (Å²) in [6, 6.07) is 6.09. The molecule has 5 heteroatoms. The molecule has 2 N–H and O–H groups in total. The van der Waals surface area contributed by atoms with E-state index in [0.29, 0.717) is 12.2 Å². The first-order chi connectivity index (χ1) is 10.1. The Morgan fingerprint density at radius 1 is 1.00 bits per heavy atom. The molecule has 0 bridgehead atoms. The minimum atomic E-state index is -2.01. The van der Waals surface area contributed by atoms with Gasteiger partial charge in [-0.1, -0.05) is 59.7 Å². The Hall–Kier alpha value is -0.670. The molecule has 0 fully saturated rings. The van der Waals surface area contributed by atoms with E-state index in [1.54, 1.807) is 0 Å². The molecule has 0 saturated heterocycles. The Kier molecular flexibility index (Phi) is 6.82. The Labute approximate surface area is 135 Å². The van der Waals surface area contributed by atoms with Gasteiger partial charge in [0.1, 0.15) is 5.75 Å². The summed E-state index contributed by atoms with van der Waals surface area (Å²) < 4.78 is 11.1. The zero-order valence-electron chi connectivity index (χ0n) is 14.5. The van der Waals surface area contributed by atoms with Gasteiger partial charge in [-0.05, 0) is 17.3 Å². The van der Waals surface area contributed by atoms with Crippen molar-refractivity contribution in [2.24, 2.45) is 0 Å². The first-order valence-corrected chi connectivity index (χ1v) is 8.75. The average molecular weight is 328 g/mol. The lowest BCUT2D eigenvalue weighted by molar-refractivity contribution is 0.213. The van der Waals surface area contributed by atoms with Crippen LogP contribution in [0, 0.1) is 0 Å². The van der Waals surface area contributed by atoms with Gasteiger partial charge < -0.3 is 19.0 Å². The summed E-state index contributed by atoms with van der Waals surface area (Å²) in [5.74, 6) is 0.708. The van der Waals surface area contributed by atoms with E-state index in [1.807, 2.05) is 18.2 Å². The van der Waals surface area contributed by atoms with Gasteiger partial charge >= 0.3 is 8.60 Å². The molecule has 0 heterocycles. The molecule has 1 unspecified atom stereocenters. The lowest BCUT2D eigenvalue weighted by Crippen LogP contribution is -2.18. The molecule has 22 heavy (non-hydrogen) atoms. The van der Waals surface area contributed by atoms with Crippen molar-refractivity contribution in [3.05, 3.63) is 29.3 Å². The predicted octanol–water partition coefficient (Wildman–Crippen LogP) is 4.28. The smallest absolute Gasteiger partial charge is 0.394 e. The van der Waals surface area contributed by atoms with Gasteiger partial charge in [0, 0.05) is 17.7 Å². The molecule has 1 rings (SSSR count). The van der Waals surface area contributed by atoms with Crippen molar-refractivity contribution in [2.75, 3.05) is 13.2 Å². The molecule has 4 nitrogen and oxygen atoms in total. The summed E-state index contributed by atoms with van der Waals surface area (Å²) in [5.41, 5.74) is 1.90. The van der Waals surface area contributed by atoms with Crippen molar-refractivity contribution in [1.82, 2.24) is 0 Å². The molecule has 0 radical (unpaired) electrons. The molecule has 0 aliphatic carbocycles. The molecule has 0 saturated carbocycles. The molecule has 1 aromatic rings. The highest BCUT2D eigenvalue weighted by Crippen LogP contribution is 2.45. The van der Waals surface area contributed by atoms with Crippen LogP contribution in [-0.4, -0.2) is 23.2 Å². The van der Waals surface area contributed by atoms with Crippen molar-refractivity contribution in [3.8, 4) is 5.75 Å². The number of aliphatic hydroxyl groups is 1. The normalized spacial score (nSPS) is 14.0. The van der Waals surface area contributed by atoms with Gasteiger partial charge in [-0.3, -0.25) is 0 Å². The van der Waals surface area contributed by atoms with Crippen LogP contribution < -0.4 is 4.52 Å². The lowest BCUT2D eigenvalue weighted by atomic mass is 9.80. The number of rotatable bonds is 6. The summed E-state index contributed by atoms with van der Waals surface area (Å²) in [4.78, 5) is 10.0. The van der Waals surface area contributed by atoms with E-state index in [0.717, 1.165) is 11.1 Å². The van der Waals surface area contributed by atoms with Gasteiger partial charge in [0.05, 0.1) is 6.61 Å². The maximum absolute atomic E-state index is 10.0. The number of hydrogen-bond donors (Lipinski definition) is 2. The molecule has 1 atom stereocenters. The topological polar surface area (TPSA) is 58.9 Å². The van der Waals surface area contributed by atoms with E-state index in [2.05, 4.69) is 41.5 Å². The summed E-state index contributed by atoms with van der Waals surface area (Å²) in [5, 5.41) is 8.78. The van der Waals surface area contributed by atoms with Crippen molar-refractivity contribution in [3.63, 3.8) is 0 Å². The van der Waals surface area contributed by atoms with E-state index < -0.39 is 8.60 Å². The van der Waals surface area contributed by atoms with Crippen LogP contribution in [0.2, 0.25) is 0 Å².